The summed E-state index contributed by atoms with van der Waals surface area (Å²) in [6.07, 6.45) is 1.81. The lowest BCUT2D eigenvalue weighted by molar-refractivity contribution is 0.122. The average Bonchev–Trinajstić information content (AvgIpc) is 3.40. The lowest BCUT2D eigenvalue weighted by atomic mass is 10.2. The number of nitrogens with zero attached hydrogens (tertiary/aromatic N) is 4. The van der Waals surface area contributed by atoms with E-state index in [-0.39, 0.29) is 6.61 Å². The Hall–Kier alpha value is -3.41. The molecular formula is C25H28N6O3S2. The minimum Gasteiger partial charge on any atom is -0.445 e. The molecule has 1 aliphatic heterocycles. The van der Waals surface area contributed by atoms with Crippen molar-refractivity contribution in [2.75, 3.05) is 48.4 Å². The van der Waals surface area contributed by atoms with Gasteiger partial charge in [-0.25, -0.2) is 9.78 Å². The summed E-state index contributed by atoms with van der Waals surface area (Å²) < 4.78 is 10.5. The molecule has 3 aromatic rings. The number of hydrogen-bond donors (Lipinski definition) is 2. The molecule has 0 spiro atoms. The molecule has 1 saturated heterocycles. The Morgan fingerprint density at radius 2 is 2.11 bits per heavy atom. The molecule has 2 aromatic heterocycles. The molecule has 1 amide bonds. The monoisotopic (exact) mass is 524 g/mol. The predicted octanol–water partition coefficient (Wildman–Crippen LogP) is 4.45. The van der Waals surface area contributed by atoms with Crippen LogP contribution >= 0.6 is 23.6 Å². The molecule has 0 saturated carbocycles. The molecule has 0 aliphatic carbocycles. The van der Waals surface area contributed by atoms with Crippen LogP contribution in [0.3, 0.4) is 0 Å². The van der Waals surface area contributed by atoms with Crippen LogP contribution in [-0.2, 0) is 22.4 Å². The summed E-state index contributed by atoms with van der Waals surface area (Å²) in [5, 5.41) is 16.2. The maximum Gasteiger partial charge on any atom is 0.411 e. The highest BCUT2D eigenvalue weighted by Gasteiger charge is 2.18. The minimum atomic E-state index is -0.527. The number of thiocarbonyl (C=S) groups is 1. The van der Waals surface area contributed by atoms with Crippen molar-refractivity contribution in [2.45, 2.75) is 19.9 Å². The number of carbonyl (C=O) groups excluding carboxylic acids is 1. The van der Waals surface area contributed by atoms with Gasteiger partial charge in [0.15, 0.2) is 5.01 Å². The van der Waals surface area contributed by atoms with Crippen LogP contribution in [0.15, 0.2) is 49.1 Å². The molecule has 0 bridgehead atoms. The number of aryl methyl sites for hydroxylation is 1. The summed E-state index contributed by atoms with van der Waals surface area (Å²) in [5.74, 6) is 0.695. The standard InChI is InChI=1S/C25H28N6O3S2/c1-3-10-34-25(32)27-18-7-5-6-17(13-18)16-26-21-15-19(31-8-11-33-12-9-31)14-20(28-21)23(35)24-30-29-22(4-2)36-24/h3,5-7,13-15H,1,4,8-12,16H2,2H3,(H,26,28)(H,27,32). The summed E-state index contributed by atoms with van der Waals surface area (Å²) >= 11 is 7.25. The van der Waals surface area contributed by atoms with Crippen LogP contribution in [0, 0.1) is 0 Å². The first kappa shape index (κ1) is 25.7. The predicted molar refractivity (Wildman–Crippen MR) is 146 cm³/mol. The first-order chi connectivity index (χ1) is 17.6. The van der Waals surface area contributed by atoms with Crippen LogP contribution in [0.1, 0.15) is 28.2 Å². The van der Waals surface area contributed by atoms with Crippen molar-refractivity contribution in [2.24, 2.45) is 0 Å². The van der Waals surface area contributed by atoms with E-state index in [1.807, 2.05) is 37.3 Å². The van der Waals surface area contributed by atoms with Gasteiger partial charge in [-0.05, 0) is 30.2 Å². The second-order valence-electron chi connectivity index (χ2n) is 7.94. The minimum absolute atomic E-state index is 0.152. The molecule has 11 heteroatoms. The first-order valence-corrected chi connectivity index (χ1v) is 12.9. The van der Waals surface area contributed by atoms with Gasteiger partial charge in [0.1, 0.15) is 22.3 Å². The molecular weight excluding hydrogens is 496 g/mol. The first-order valence-electron chi connectivity index (χ1n) is 11.6. The van der Waals surface area contributed by atoms with Crippen molar-refractivity contribution < 1.29 is 14.3 Å². The number of benzene rings is 1. The third-order valence-corrected chi connectivity index (χ3v) is 6.98. The Balaban J connectivity index is 1.53. The zero-order valence-corrected chi connectivity index (χ0v) is 21.7. The van der Waals surface area contributed by atoms with Crippen LogP contribution in [-0.4, -0.2) is 59.0 Å². The third-order valence-electron chi connectivity index (χ3n) is 5.36. The molecule has 9 nitrogen and oxygen atoms in total. The van der Waals surface area contributed by atoms with Crippen molar-refractivity contribution in [3.63, 3.8) is 0 Å². The fourth-order valence-corrected chi connectivity index (χ4v) is 4.56. The number of amides is 1. The number of morpholine rings is 1. The lowest BCUT2D eigenvalue weighted by Crippen LogP contribution is -2.36. The van der Waals surface area contributed by atoms with Crippen LogP contribution in [0.25, 0.3) is 0 Å². The van der Waals surface area contributed by atoms with Gasteiger partial charge in [-0.1, -0.05) is 55.3 Å². The van der Waals surface area contributed by atoms with E-state index in [0.717, 1.165) is 35.8 Å². The molecule has 0 unspecified atom stereocenters. The van der Waals surface area contributed by atoms with Crippen molar-refractivity contribution >= 4 is 51.7 Å². The number of hydrogen-bond acceptors (Lipinski definition) is 10. The van der Waals surface area contributed by atoms with Gasteiger partial charge in [0.25, 0.3) is 0 Å². The van der Waals surface area contributed by atoms with E-state index < -0.39 is 6.09 Å². The number of aromatic nitrogens is 3. The summed E-state index contributed by atoms with van der Waals surface area (Å²) in [6, 6.07) is 11.6. The maximum absolute atomic E-state index is 11.8. The number of pyridine rings is 1. The van der Waals surface area contributed by atoms with Gasteiger partial charge in [0.2, 0.25) is 0 Å². The molecule has 188 valence electrons. The van der Waals surface area contributed by atoms with Crippen molar-refractivity contribution in [1.82, 2.24) is 15.2 Å². The molecule has 0 radical (unpaired) electrons. The van der Waals surface area contributed by atoms with Gasteiger partial charge in [-0.2, -0.15) is 0 Å². The summed E-state index contributed by atoms with van der Waals surface area (Å²) in [7, 11) is 0. The van der Waals surface area contributed by atoms with E-state index in [1.165, 1.54) is 17.4 Å². The Morgan fingerprint density at radius 3 is 2.86 bits per heavy atom. The smallest absolute Gasteiger partial charge is 0.411 e. The Kier molecular flexibility index (Phi) is 8.93. The van der Waals surface area contributed by atoms with E-state index in [9.17, 15) is 4.79 Å². The second kappa shape index (κ2) is 12.5. The quantitative estimate of drug-likeness (QED) is 0.226. The van der Waals surface area contributed by atoms with Crippen molar-refractivity contribution in [3.8, 4) is 0 Å². The van der Waals surface area contributed by atoms with Crippen LogP contribution in [0.4, 0.5) is 22.0 Å². The van der Waals surface area contributed by atoms with E-state index >= 15 is 0 Å². The molecule has 2 N–H and O–H groups in total. The van der Waals surface area contributed by atoms with Crippen LogP contribution in [0.5, 0.6) is 0 Å². The van der Waals surface area contributed by atoms with E-state index in [2.05, 4.69) is 32.3 Å². The maximum atomic E-state index is 11.8. The number of carbonyl (C=O) groups is 1. The molecule has 1 aliphatic rings. The van der Waals surface area contributed by atoms with E-state index in [4.69, 9.17) is 26.7 Å². The molecule has 1 fully saturated rings. The highest BCUT2D eigenvalue weighted by atomic mass is 32.1. The zero-order valence-electron chi connectivity index (χ0n) is 20.0. The second-order valence-corrected chi connectivity index (χ2v) is 9.42. The molecule has 36 heavy (non-hydrogen) atoms. The van der Waals surface area contributed by atoms with Gasteiger partial charge in [0, 0.05) is 37.1 Å². The fraction of sp³-hybridized carbons (Fsp3) is 0.320. The number of anilines is 3. The van der Waals surface area contributed by atoms with Gasteiger partial charge in [-0.3, -0.25) is 5.32 Å². The fourth-order valence-electron chi connectivity index (χ4n) is 3.57. The Morgan fingerprint density at radius 1 is 1.28 bits per heavy atom. The average molecular weight is 525 g/mol. The van der Waals surface area contributed by atoms with Crippen molar-refractivity contribution in [1.29, 1.82) is 0 Å². The zero-order chi connectivity index (χ0) is 25.3. The number of nitrogens with one attached hydrogen (secondary N) is 2. The third kappa shape index (κ3) is 6.84. The van der Waals surface area contributed by atoms with Gasteiger partial charge in [-0.15, -0.1) is 10.2 Å². The SMILES string of the molecule is C=CCOC(=O)Nc1cccc(CNc2cc(N3CCOCC3)cc(C(=S)c3nnc(CC)s3)n2)c1. The van der Waals surface area contributed by atoms with Gasteiger partial charge >= 0.3 is 6.09 Å². The van der Waals surface area contributed by atoms with E-state index in [1.54, 1.807) is 6.07 Å². The molecule has 1 aromatic carbocycles. The van der Waals surface area contributed by atoms with Crippen LogP contribution < -0.4 is 15.5 Å². The Labute approximate surface area is 219 Å². The van der Waals surface area contributed by atoms with Gasteiger partial charge in [0.05, 0.1) is 18.9 Å². The Bertz CT molecular complexity index is 1230. The molecule has 0 atom stereocenters. The lowest BCUT2D eigenvalue weighted by Gasteiger charge is -2.29. The van der Waals surface area contributed by atoms with E-state index in [0.29, 0.717) is 46.8 Å². The molecule has 4 rings (SSSR count). The topological polar surface area (TPSA) is 102 Å². The molecule has 3 heterocycles. The normalized spacial score (nSPS) is 13.2. The summed E-state index contributed by atoms with van der Waals surface area (Å²) in [6.45, 7) is 9.18. The number of ether oxygens (including phenoxy) is 2. The van der Waals surface area contributed by atoms with Crippen molar-refractivity contribution in [3.05, 3.63) is 70.3 Å². The summed E-state index contributed by atoms with van der Waals surface area (Å²) in [5.41, 5.74) is 3.31. The van der Waals surface area contributed by atoms with Crippen LogP contribution in [0.2, 0.25) is 0 Å². The van der Waals surface area contributed by atoms with Gasteiger partial charge < -0.3 is 19.7 Å². The highest BCUT2D eigenvalue weighted by molar-refractivity contribution is 7.81. The number of rotatable bonds is 10. The summed E-state index contributed by atoms with van der Waals surface area (Å²) in [4.78, 5) is 19.5. The highest BCUT2D eigenvalue weighted by Crippen LogP contribution is 2.25. The largest absolute Gasteiger partial charge is 0.445 e.